The number of halogens is 1. The number of rotatable bonds is 9. The second kappa shape index (κ2) is 11.0. The highest BCUT2D eigenvalue weighted by molar-refractivity contribution is 7.19. The molecular formula is C25H19ClN4O5S. The summed E-state index contributed by atoms with van der Waals surface area (Å²) in [4.78, 5) is 28.0. The number of carboxylic acids is 1. The summed E-state index contributed by atoms with van der Waals surface area (Å²) in [5, 5.41) is 25.9. The van der Waals surface area contributed by atoms with Gasteiger partial charge in [-0.1, -0.05) is 53.3 Å². The van der Waals surface area contributed by atoms with E-state index in [0.717, 1.165) is 16.0 Å². The predicted octanol–water partition coefficient (Wildman–Crippen LogP) is 6.14. The lowest BCUT2D eigenvalue weighted by Gasteiger charge is -2.04. The first-order chi connectivity index (χ1) is 17.4. The molecule has 0 aliphatic rings. The summed E-state index contributed by atoms with van der Waals surface area (Å²) in [5.41, 5.74) is 4.86. The van der Waals surface area contributed by atoms with Crippen LogP contribution in [-0.2, 0) is 11.2 Å². The van der Waals surface area contributed by atoms with Crippen LogP contribution in [0.25, 0.3) is 21.7 Å². The Kier molecular flexibility index (Phi) is 7.57. The number of benzene rings is 3. The van der Waals surface area contributed by atoms with Gasteiger partial charge in [-0.05, 0) is 42.0 Å². The molecule has 4 aromatic rings. The van der Waals surface area contributed by atoms with Gasteiger partial charge in [0.1, 0.15) is 11.5 Å². The minimum absolute atomic E-state index is 0.174. The molecule has 0 saturated heterocycles. The number of carboxylic acid groups (broad SMARTS) is 1. The zero-order chi connectivity index (χ0) is 25.7. The molecule has 3 aromatic carbocycles. The van der Waals surface area contributed by atoms with Crippen molar-refractivity contribution < 1.29 is 19.6 Å². The van der Waals surface area contributed by atoms with Crippen LogP contribution in [0, 0.1) is 10.1 Å². The minimum Gasteiger partial charge on any atom is -0.497 e. The topological polar surface area (TPSA) is 127 Å². The third kappa shape index (κ3) is 5.68. The summed E-state index contributed by atoms with van der Waals surface area (Å²) in [6.45, 7) is 0. The molecule has 0 amide bonds. The Morgan fingerprint density at radius 1 is 1.11 bits per heavy atom. The molecule has 0 fully saturated rings. The van der Waals surface area contributed by atoms with Crippen LogP contribution < -0.4 is 10.2 Å². The summed E-state index contributed by atoms with van der Waals surface area (Å²) >= 11 is 7.34. The van der Waals surface area contributed by atoms with Gasteiger partial charge in [-0.3, -0.25) is 15.5 Å². The fourth-order valence-corrected chi connectivity index (χ4v) is 4.47. The van der Waals surface area contributed by atoms with Gasteiger partial charge in [-0.2, -0.15) is 5.10 Å². The van der Waals surface area contributed by atoms with Gasteiger partial charge in [0.2, 0.25) is 5.13 Å². The van der Waals surface area contributed by atoms with Gasteiger partial charge in [0, 0.05) is 28.6 Å². The number of aliphatic carboxylic acids is 1. The summed E-state index contributed by atoms with van der Waals surface area (Å²) in [6, 6.07) is 20.6. The van der Waals surface area contributed by atoms with Crippen LogP contribution in [0.2, 0.25) is 5.02 Å². The van der Waals surface area contributed by atoms with E-state index in [1.54, 1.807) is 25.3 Å². The SMILES string of the molecule is COc1ccc(-c2nc(NN=C(Cc3ccccc3[N+](=O)[O-])C(=O)O)sc2-c2ccc(Cl)cc2)cc1. The largest absolute Gasteiger partial charge is 0.497 e. The van der Waals surface area contributed by atoms with E-state index in [2.05, 4.69) is 15.5 Å². The molecular weight excluding hydrogens is 504 g/mol. The molecule has 0 atom stereocenters. The molecule has 4 rings (SSSR count). The van der Waals surface area contributed by atoms with E-state index in [1.165, 1.54) is 29.5 Å². The Morgan fingerprint density at radius 2 is 1.78 bits per heavy atom. The molecule has 36 heavy (non-hydrogen) atoms. The number of hydrazone groups is 1. The lowest BCUT2D eigenvalue weighted by atomic mass is 10.1. The number of hydrogen-bond donors (Lipinski definition) is 2. The highest BCUT2D eigenvalue weighted by Gasteiger charge is 2.20. The highest BCUT2D eigenvalue weighted by atomic mass is 35.5. The molecule has 0 bridgehead atoms. The van der Waals surface area contributed by atoms with Gasteiger partial charge in [0.25, 0.3) is 5.69 Å². The van der Waals surface area contributed by atoms with E-state index in [9.17, 15) is 20.0 Å². The Bertz CT molecular complexity index is 1440. The van der Waals surface area contributed by atoms with Crippen LogP contribution >= 0.6 is 22.9 Å². The first-order valence-corrected chi connectivity index (χ1v) is 11.7. The number of methoxy groups -OCH3 is 1. The number of para-hydroxylation sites is 1. The molecule has 0 radical (unpaired) electrons. The second-order valence-electron chi connectivity index (χ2n) is 7.47. The molecule has 0 spiro atoms. The van der Waals surface area contributed by atoms with E-state index < -0.39 is 10.9 Å². The molecule has 0 aliphatic carbocycles. The smallest absolute Gasteiger partial charge is 0.352 e. The van der Waals surface area contributed by atoms with E-state index in [4.69, 9.17) is 16.3 Å². The monoisotopic (exact) mass is 522 g/mol. The number of nitrogens with one attached hydrogen (secondary N) is 1. The number of carbonyl (C=O) groups is 1. The van der Waals surface area contributed by atoms with Crippen LogP contribution in [0.1, 0.15) is 5.56 Å². The number of hydrogen-bond acceptors (Lipinski definition) is 8. The molecule has 11 heteroatoms. The summed E-state index contributed by atoms with van der Waals surface area (Å²) < 4.78 is 5.24. The second-order valence-corrected chi connectivity index (χ2v) is 8.91. The van der Waals surface area contributed by atoms with Gasteiger partial charge in [0.05, 0.1) is 22.6 Å². The fraction of sp³-hybridized carbons (Fsp3) is 0.0800. The minimum atomic E-state index is -1.30. The normalized spacial score (nSPS) is 11.2. The number of thiazole rings is 1. The van der Waals surface area contributed by atoms with Crippen LogP contribution in [0.5, 0.6) is 5.75 Å². The van der Waals surface area contributed by atoms with Crippen molar-refractivity contribution in [1.82, 2.24) is 4.98 Å². The van der Waals surface area contributed by atoms with E-state index in [0.29, 0.717) is 21.6 Å². The summed E-state index contributed by atoms with van der Waals surface area (Å²) in [7, 11) is 1.58. The van der Waals surface area contributed by atoms with Crippen molar-refractivity contribution in [2.75, 3.05) is 12.5 Å². The van der Waals surface area contributed by atoms with Gasteiger partial charge >= 0.3 is 5.97 Å². The number of aromatic nitrogens is 1. The van der Waals surface area contributed by atoms with Crippen molar-refractivity contribution in [3.8, 4) is 27.4 Å². The summed E-state index contributed by atoms with van der Waals surface area (Å²) in [6.07, 6.45) is -0.236. The first kappa shape index (κ1) is 24.8. The molecule has 182 valence electrons. The molecule has 1 heterocycles. The molecule has 0 saturated carbocycles. The zero-order valence-electron chi connectivity index (χ0n) is 18.8. The van der Waals surface area contributed by atoms with Crippen LogP contribution in [0.4, 0.5) is 10.8 Å². The third-order valence-electron chi connectivity index (χ3n) is 5.18. The lowest BCUT2D eigenvalue weighted by molar-refractivity contribution is -0.385. The Balaban J connectivity index is 1.69. The van der Waals surface area contributed by atoms with E-state index in [-0.39, 0.29) is 23.4 Å². The van der Waals surface area contributed by atoms with Crippen molar-refractivity contribution in [2.45, 2.75) is 6.42 Å². The van der Waals surface area contributed by atoms with Crippen molar-refractivity contribution in [1.29, 1.82) is 0 Å². The molecule has 1 aromatic heterocycles. The van der Waals surface area contributed by atoms with E-state index >= 15 is 0 Å². The van der Waals surface area contributed by atoms with Gasteiger partial charge in [-0.15, -0.1) is 0 Å². The first-order valence-electron chi connectivity index (χ1n) is 10.5. The van der Waals surface area contributed by atoms with Crippen molar-refractivity contribution in [2.24, 2.45) is 5.10 Å². The highest BCUT2D eigenvalue weighted by Crippen LogP contribution is 2.39. The van der Waals surface area contributed by atoms with E-state index in [1.807, 2.05) is 36.4 Å². The fourth-order valence-electron chi connectivity index (χ4n) is 3.41. The lowest BCUT2D eigenvalue weighted by Crippen LogP contribution is -2.18. The third-order valence-corrected chi connectivity index (χ3v) is 6.44. The van der Waals surface area contributed by atoms with Crippen molar-refractivity contribution >= 4 is 45.4 Å². The van der Waals surface area contributed by atoms with Gasteiger partial charge in [0.15, 0.2) is 0 Å². The van der Waals surface area contributed by atoms with Crippen LogP contribution in [-0.4, -0.2) is 33.8 Å². The average molecular weight is 523 g/mol. The summed E-state index contributed by atoms with van der Waals surface area (Å²) in [5.74, 6) is -0.600. The number of nitro benzene ring substituents is 1. The Hall–Kier alpha value is -4.28. The number of anilines is 1. The molecule has 2 N–H and O–H groups in total. The maximum atomic E-state index is 11.8. The van der Waals surface area contributed by atoms with Crippen LogP contribution in [0.15, 0.2) is 77.9 Å². The maximum Gasteiger partial charge on any atom is 0.352 e. The van der Waals surface area contributed by atoms with Crippen molar-refractivity contribution in [3.05, 3.63) is 93.5 Å². The Labute approximate surface area is 214 Å². The van der Waals surface area contributed by atoms with Gasteiger partial charge < -0.3 is 9.84 Å². The number of nitrogens with zero attached hydrogens (tertiary/aromatic N) is 3. The Morgan fingerprint density at radius 3 is 2.42 bits per heavy atom. The predicted molar refractivity (Wildman–Crippen MR) is 140 cm³/mol. The molecule has 0 unspecified atom stereocenters. The van der Waals surface area contributed by atoms with Crippen LogP contribution in [0.3, 0.4) is 0 Å². The van der Waals surface area contributed by atoms with Gasteiger partial charge in [-0.25, -0.2) is 9.78 Å². The molecule has 0 aliphatic heterocycles. The zero-order valence-corrected chi connectivity index (χ0v) is 20.4. The van der Waals surface area contributed by atoms with Crippen molar-refractivity contribution in [3.63, 3.8) is 0 Å². The average Bonchev–Trinajstić information content (AvgIpc) is 3.31. The standard InChI is InChI=1S/C25H19ClN4O5S/c1-35-19-12-8-15(9-13-19)22-23(16-6-10-18(26)11-7-16)36-25(27-22)29-28-20(24(31)32)14-17-4-2-3-5-21(17)30(33)34/h2-13H,14H2,1H3,(H,27,29)(H,31,32). The number of nitro groups is 1. The quantitative estimate of drug-likeness (QED) is 0.153. The molecule has 9 nitrogen and oxygen atoms in total. The maximum absolute atomic E-state index is 11.8. The number of ether oxygens (including phenoxy) is 1.